The topological polar surface area (TPSA) is 59.3 Å². The van der Waals surface area contributed by atoms with E-state index in [1.54, 1.807) is 28.9 Å². The van der Waals surface area contributed by atoms with Crippen LogP contribution >= 0.6 is 22.7 Å². The lowest BCUT2D eigenvalue weighted by atomic mass is 9.77. The van der Waals surface area contributed by atoms with Gasteiger partial charge in [-0.1, -0.05) is 26.8 Å². The van der Waals surface area contributed by atoms with Gasteiger partial charge in [0.25, 0.3) is 0 Å². The van der Waals surface area contributed by atoms with E-state index in [0.29, 0.717) is 0 Å². The molecular weight excluding hydrogens is 414 g/mol. The van der Waals surface area contributed by atoms with E-state index in [1.165, 1.54) is 32.2 Å². The van der Waals surface area contributed by atoms with Gasteiger partial charge in [0.1, 0.15) is 5.56 Å². The van der Waals surface area contributed by atoms with Crippen LogP contribution < -0.4 is 5.43 Å². The van der Waals surface area contributed by atoms with Crippen LogP contribution in [0, 0.1) is 5.41 Å². The molecule has 30 heavy (non-hydrogen) atoms. The molecule has 0 saturated heterocycles. The molecule has 1 atom stereocenters. The minimum atomic E-state index is -1.18. The first-order valence-electron chi connectivity index (χ1n) is 9.82. The zero-order valence-electron chi connectivity index (χ0n) is 16.9. The minimum absolute atomic E-state index is 0.0504. The third-order valence-corrected chi connectivity index (χ3v) is 7.81. The lowest BCUT2D eigenvalue weighted by molar-refractivity contribution is 0.0693. The number of rotatable bonds is 2. The standard InChI is InChI=1S/C24H21NO3S2/c1-24(2,3)21-10-14-13-6-8-30-22(13)16(20-5-4-7-29-20)9-15(14)18-11-19(26)17(23(27)28)12-25(18)21/h4-9,11-12,21H,10H2,1-3H3,(H,27,28)/t21-/m0/s1. The van der Waals surface area contributed by atoms with E-state index in [9.17, 15) is 14.7 Å². The fourth-order valence-corrected chi connectivity index (χ4v) is 6.23. The van der Waals surface area contributed by atoms with Crippen LogP contribution in [-0.2, 0) is 6.42 Å². The van der Waals surface area contributed by atoms with Gasteiger partial charge < -0.3 is 9.67 Å². The smallest absolute Gasteiger partial charge is 0.341 e. The maximum Gasteiger partial charge on any atom is 0.341 e. The Morgan fingerprint density at radius 2 is 1.93 bits per heavy atom. The van der Waals surface area contributed by atoms with Gasteiger partial charge in [0.2, 0.25) is 0 Å². The maximum atomic E-state index is 12.6. The number of pyridine rings is 1. The quantitative estimate of drug-likeness (QED) is 0.402. The molecule has 0 radical (unpaired) electrons. The minimum Gasteiger partial charge on any atom is -0.477 e. The van der Waals surface area contributed by atoms with E-state index in [1.807, 2.05) is 10.6 Å². The highest BCUT2D eigenvalue weighted by Crippen LogP contribution is 2.48. The Morgan fingerprint density at radius 1 is 1.13 bits per heavy atom. The molecule has 0 amide bonds. The van der Waals surface area contributed by atoms with Crippen LogP contribution in [0.1, 0.15) is 42.7 Å². The predicted molar refractivity (Wildman–Crippen MR) is 124 cm³/mol. The number of carboxylic acids is 1. The summed E-state index contributed by atoms with van der Waals surface area (Å²) >= 11 is 3.45. The van der Waals surface area contributed by atoms with Crippen LogP contribution in [0.15, 0.2) is 52.1 Å². The molecule has 0 bridgehead atoms. The summed E-state index contributed by atoms with van der Waals surface area (Å²) < 4.78 is 3.28. The van der Waals surface area contributed by atoms with Crippen molar-refractivity contribution in [1.29, 1.82) is 0 Å². The van der Waals surface area contributed by atoms with Crippen LogP contribution in [0.25, 0.3) is 31.8 Å². The van der Waals surface area contributed by atoms with Crippen LogP contribution in [-0.4, -0.2) is 15.6 Å². The van der Waals surface area contributed by atoms with Crippen molar-refractivity contribution in [1.82, 2.24) is 4.57 Å². The largest absolute Gasteiger partial charge is 0.477 e. The fourth-order valence-electron chi connectivity index (χ4n) is 4.46. The van der Waals surface area contributed by atoms with E-state index in [2.05, 4.69) is 49.7 Å². The van der Waals surface area contributed by atoms with Gasteiger partial charge in [0.15, 0.2) is 5.43 Å². The summed E-state index contributed by atoms with van der Waals surface area (Å²) in [4.78, 5) is 25.5. The first kappa shape index (κ1) is 19.3. The van der Waals surface area contributed by atoms with Gasteiger partial charge >= 0.3 is 5.97 Å². The average molecular weight is 436 g/mol. The molecule has 4 heterocycles. The molecule has 1 N–H and O–H groups in total. The number of hydrogen-bond donors (Lipinski definition) is 1. The molecule has 0 unspecified atom stereocenters. The van der Waals surface area contributed by atoms with E-state index in [4.69, 9.17) is 0 Å². The van der Waals surface area contributed by atoms with Crippen molar-refractivity contribution in [3.05, 3.63) is 68.6 Å². The predicted octanol–water partition coefficient (Wildman–Crippen LogP) is 6.30. The summed E-state index contributed by atoms with van der Waals surface area (Å²) in [5.74, 6) is -1.18. The lowest BCUT2D eigenvalue weighted by Gasteiger charge is -2.39. The first-order chi connectivity index (χ1) is 14.3. The van der Waals surface area contributed by atoms with Crippen LogP contribution in [0.2, 0.25) is 0 Å². The summed E-state index contributed by atoms with van der Waals surface area (Å²) in [6.45, 7) is 6.49. The van der Waals surface area contributed by atoms with Crippen molar-refractivity contribution in [2.75, 3.05) is 0 Å². The summed E-state index contributed by atoms with van der Waals surface area (Å²) in [5.41, 5.74) is 3.52. The highest BCUT2D eigenvalue weighted by atomic mass is 32.1. The van der Waals surface area contributed by atoms with E-state index >= 15 is 0 Å². The Morgan fingerprint density at radius 3 is 2.60 bits per heavy atom. The Labute approximate surface area is 182 Å². The molecule has 152 valence electrons. The van der Waals surface area contributed by atoms with Crippen molar-refractivity contribution >= 4 is 38.7 Å². The van der Waals surface area contributed by atoms with Crippen molar-refractivity contribution < 1.29 is 9.90 Å². The van der Waals surface area contributed by atoms with Crippen LogP contribution in [0.3, 0.4) is 0 Å². The van der Waals surface area contributed by atoms with Crippen molar-refractivity contribution in [3.63, 3.8) is 0 Å². The highest BCUT2D eigenvalue weighted by molar-refractivity contribution is 7.19. The molecule has 0 fully saturated rings. The molecule has 1 aliphatic heterocycles. The van der Waals surface area contributed by atoms with E-state index < -0.39 is 11.4 Å². The van der Waals surface area contributed by atoms with Crippen molar-refractivity contribution in [3.8, 4) is 21.7 Å². The summed E-state index contributed by atoms with van der Waals surface area (Å²) in [7, 11) is 0. The lowest BCUT2D eigenvalue weighted by Crippen LogP contribution is -2.32. The second-order valence-corrected chi connectivity index (χ2v) is 10.7. The normalized spacial score (nSPS) is 15.8. The number of benzene rings is 1. The highest BCUT2D eigenvalue weighted by Gasteiger charge is 2.34. The monoisotopic (exact) mass is 435 g/mol. The Bertz CT molecular complexity index is 1350. The zero-order chi connectivity index (χ0) is 21.2. The summed E-state index contributed by atoms with van der Waals surface area (Å²) in [6.07, 6.45) is 2.34. The SMILES string of the molecule is CC(C)(C)[C@@H]1Cc2c(cc(-c3cccs3)c3sccc23)-c2cc(=O)c(C(=O)O)cn21. The van der Waals surface area contributed by atoms with Gasteiger partial charge in [-0.3, -0.25) is 4.79 Å². The second-order valence-electron chi connectivity index (χ2n) is 8.83. The Balaban J connectivity index is 1.88. The van der Waals surface area contributed by atoms with E-state index in [-0.39, 0.29) is 17.0 Å². The molecule has 6 heteroatoms. The van der Waals surface area contributed by atoms with Gasteiger partial charge in [-0.05, 0) is 51.7 Å². The van der Waals surface area contributed by atoms with Crippen LogP contribution in [0.5, 0.6) is 0 Å². The average Bonchev–Trinajstić information content (AvgIpc) is 3.37. The van der Waals surface area contributed by atoms with Gasteiger partial charge in [-0.2, -0.15) is 0 Å². The number of nitrogens with zero attached hydrogens (tertiary/aromatic N) is 1. The Kier molecular flexibility index (Phi) is 4.27. The Hall–Kier alpha value is -2.70. The molecule has 1 aliphatic rings. The number of fused-ring (bicyclic) bond motifs is 5. The summed E-state index contributed by atoms with van der Waals surface area (Å²) in [5, 5.41) is 15.0. The van der Waals surface area contributed by atoms with Crippen molar-refractivity contribution in [2.45, 2.75) is 33.2 Å². The van der Waals surface area contributed by atoms with Gasteiger partial charge in [0, 0.05) is 39.0 Å². The van der Waals surface area contributed by atoms with Gasteiger partial charge in [-0.25, -0.2) is 4.79 Å². The molecule has 4 nitrogen and oxygen atoms in total. The fraction of sp³-hybridized carbons (Fsp3) is 0.250. The van der Waals surface area contributed by atoms with Gasteiger partial charge in [0.05, 0.1) is 5.69 Å². The number of aromatic carboxylic acids is 1. The molecule has 4 aromatic rings. The molecule has 1 aromatic carbocycles. The van der Waals surface area contributed by atoms with Crippen LogP contribution in [0.4, 0.5) is 0 Å². The molecule has 0 saturated carbocycles. The van der Waals surface area contributed by atoms with E-state index in [0.717, 1.165) is 17.7 Å². The number of hydrogen-bond acceptors (Lipinski definition) is 4. The number of carbonyl (C=O) groups is 1. The summed E-state index contributed by atoms with van der Waals surface area (Å²) in [6, 6.07) is 10.1. The number of aromatic nitrogens is 1. The molecular formula is C24H21NO3S2. The maximum absolute atomic E-state index is 12.6. The molecule has 0 aliphatic carbocycles. The number of thiophene rings is 2. The molecule has 5 rings (SSSR count). The second kappa shape index (κ2) is 6.65. The first-order valence-corrected chi connectivity index (χ1v) is 11.6. The third-order valence-electron chi connectivity index (χ3n) is 5.95. The zero-order valence-corrected chi connectivity index (χ0v) is 18.6. The molecule has 3 aromatic heterocycles. The number of carboxylic acid groups (broad SMARTS) is 1. The van der Waals surface area contributed by atoms with Gasteiger partial charge in [-0.15, -0.1) is 22.7 Å². The third kappa shape index (κ3) is 2.86. The molecule has 0 spiro atoms. The van der Waals surface area contributed by atoms with Crippen molar-refractivity contribution in [2.24, 2.45) is 5.41 Å².